The molecule has 0 aliphatic rings. The third-order valence-corrected chi connectivity index (χ3v) is 3.97. The van der Waals surface area contributed by atoms with Crippen molar-refractivity contribution < 1.29 is 4.42 Å². The van der Waals surface area contributed by atoms with Gasteiger partial charge >= 0.3 is 0 Å². The highest BCUT2D eigenvalue weighted by Crippen LogP contribution is 2.28. The number of hydrogen-bond acceptors (Lipinski definition) is 6. The molecule has 2 rings (SSSR count). The van der Waals surface area contributed by atoms with Crippen LogP contribution in [0.3, 0.4) is 0 Å². The zero-order chi connectivity index (χ0) is 15.1. The Bertz CT molecular complexity index is 608. The van der Waals surface area contributed by atoms with Crippen LogP contribution in [-0.4, -0.2) is 22.5 Å². The molecule has 1 heterocycles. The van der Waals surface area contributed by atoms with Gasteiger partial charge in [0.05, 0.1) is 6.07 Å². The summed E-state index contributed by atoms with van der Waals surface area (Å²) in [6, 6.07) is 12.2. The van der Waals surface area contributed by atoms with E-state index in [-0.39, 0.29) is 0 Å². The third-order valence-electron chi connectivity index (χ3n) is 3.15. The van der Waals surface area contributed by atoms with Crippen LogP contribution in [0.15, 0.2) is 40.0 Å². The standard InChI is InChI=1S/C15H18N4OS/c1-3-17-15(11-16,13-7-5-4-6-8-13)9-10-21-14-19-18-12(2)20-14/h4-8,17H,3,9-10H2,1-2H3. The van der Waals surface area contributed by atoms with Crippen LogP contribution in [0.2, 0.25) is 0 Å². The third kappa shape index (κ3) is 3.84. The van der Waals surface area contributed by atoms with Crippen molar-refractivity contribution >= 4 is 11.8 Å². The van der Waals surface area contributed by atoms with Gasteiger partial charge in [-0.3, -0.25) is 5.32 Å². The first-order valence-corrected chi connectivity index (χ1v) is 7.83. The topological polar surface area (TPSA) is 74.7 Å². The Labute approximate surface area is 128 Å². The monoisotopic (exact) mass is 302 g/mol. The van der Waals surface area contributed by atoms with Gasteiger partial charge in [0.15, 0.2) is 0 Å². The maximum Gasteiger partial charge on any atom is 0.276 e. The quantitative estimate of drug-likeness (QED) is 0.793. The summed E-state index contributed by atoms with van der Waals surface area (Å²) in [4.78, 5) is 0. The Morgan fingerprint density at radius 2 is 2.10 bits per heavy atom. The van der Waals surface area contributed by atoms with Crippen molar-refractivity contribution in [3.63, 3.8) is 0 Å². The molecular weight excluding hydrogens is 284 g/mol. The van der Waals surface area contributed by atoms with Gasteiger partial charge in [-0.05, 0) is 18.5 Å². The van der Waals surface area contributed by atoms with Gasteiger partial charge < -0.3 is 4.42 Å². The Balaban J connectivity index is 2.08. The summed E-state index contributed by atoms with van der Waals surface area (Å²) in [7, 11) is 0. The van der Waals surface area contributed by atoms with Crippen LogP contribution in [0.5, 0.6) is 0 Å². The molecule has 110 valence electrons. The van der Waals surface area contributed by atoms with E-state index in [4.69, 9.17) is 4.42 Å². The molecule has 0 aliphatic heterocycles. The van der Waals surface area contributed by atoms with E-state index in [9.17, 15) is 5.26 Å². The molecule has 1 unspecified atom stereocenters. The molecule has 1 aromatic carbocycles. The summed E-state index contributed by atoms with van der Waals surface area (Å²) < 4.78 is 5.33. The van der Waals surface area contributed by atoms with E-state index in [1.807, 2.05) is 37.3 Å². The van der Waals surface area contributed by atoms with Crippen molar-refractivity contribution in [1.82, 2.24) is 15.5 Å². The fraction of sp³-hybridized carbons (Fsp3) is 0.400. The highest BCUT2D eigenvalue weighted by molar-refractivity contribution is 7.99. The minimum atomic E-state index is -0.682. The second-order valence-electron chi connectivity index (χ2n) is 4.60. The molecule has 0 fully saturated rings. The highest BCUT2D eigenvalue weighted by Gasteiger charge is 2.30. The Morgan fingerprint density at radius 1 is 1.33 bits per heavy atom. The molecule has 0 radical (unpaired) electrons. The molecule has 0 spiro atoms. The predicted molar refractivity (Wildman–Crippen MR) is 81.8 cm³/mol. The van der Waals surface area contributed by atoms with Crippen molar-refractivity contribution in [2.45, 2.75) is 31.0 Å². The first-order chi connectivity index (χ1) is 10.2. The van der Waals surface area contributed by atoms with Gasteiger partial charge in [0.1, 0.15) is 5.54 Å². The van der Waals surface area contributed by atoms with E-state index in [1.54, 1.807) is 6.92 Å². The fourth-order valence-corrected chi connectivity index (χ4v) is 3.01. The van der Waals surface area contributed by atoms with Gasteiger partial charge in [-0.1, -0.05) is 49.0 Å². The van der Waals surface area contributed by atoms with Gasteiger partial charge in [0, 0.05) is 12.7 Å². The number of nitrogens with zero attached hydrogens (tertiary/aromatic N) is 3. The number of aromatic nitrogens is 2. The van der Waals surface area contributed by atoms with Gasteiger partial charge in [0.2, 0.25) is 5.89 Å². The Morgan fingerprint density at radius 3 is 2.67 bits per heavy atom. The van der Waals surface area contributed by atoms with Crippen molar-refractivity contribution in [3.8, 4) is 6.07 Å². The van der Waals surface area contributed by atoms with E-state index in [0.717, 1.165) is 17.9 Å². The van der Waals surface area contributed by atoms with E-state index in [0.29, 0.717) is 17.5 Å². The van der Waals surface area contributed by atoms with Crippen molar-refractivity contribution in [2.75, 3.05) is 12.3 Å². The number of nitriles is 1. The zero-order valence-electron chi connectivity index (χ0n) is 12.2. The number of nitrogens with one attached hydrogen (secondary N) is 1. The summed E-state index contributed by atoms with van der Waals surface area (Å²) in [6.07, 6.45) is 0.660. The van der Waals surface area contributed by atoms with Gasteiger partial charge in [0.25, 0.3) is 5.22 Å². The normalized spacial score (nSPS) is 13.6. The lowest BCUT2D eigenvalue weighted by molar-refractivity contribution is 0.420. The molecule has 6 heteroatoms. The van der Waals surface area contributed by atoms with Crippen LogP contribution < -0.4 is 5.32 Å². The number of aryl methyl sites for hydroxylation is 1. The molecule has 1 atom stereocenters. The number of thioether (sulfide) groups is 1. The summed E-state index contributed by atoms with van der Waals surface area (Å²) in [6.45, 7) is 4.50. The first kappa shape index (κ1) is 15.5. The molecule has 0 amide bonds. The number of rotatable bonds is 7. The van der Waals surface area contributed by atoms with Crippen LogP contribution in [-0.2, 0) is 5.54 Å². The van der Waals surface area contributed by atoms with E-state index >= 15 is 0 Å². The highest BCUT2D eigenvalue weighted by atomic mass is 32.2. The largest absolute Gasteiger partial charge is 0.416 e. The summed E-state index contributed by atoms with van der Waals surface area (Å²) in [5.74, 6) is 1.27. The first-order valence-electron chi connectivity index (χ1n) is 6.85. The summed E-state index contributed by atoms with van der Waals surface area (Å²) in [5.41, 5.74) is 0.301. The molecule has 5 nitrogen and oxygen atoms in total. The predicted octanol–water partition coefficient (Wildman–Crippen LogP) is 2.89. The maximum atomic E-state index is 9.69. The molecule has 1 aromatic heterocycles. The molecule has 0 bridgehead atoms. The maximum absolute atomic E-state index is 9.69. The molecule has 1 N–H and O–H groups in total. The summed E-state index contributed by atoms with van der Waals surface area (Å²) >= 11 is 1.47. The lowest BCUT2D eigenvalue weighted by atomic mass is 9.88. The van der Waals surface area contributed by atoms with Crippen molar-refractivity contribution in [3.05, 3.63) is 41.8 Å². The summed E-state index contributed by atoms with van der Waals surface area (Å²) in [5, 5.41) is 21.3. The Hall–Kier alpha value is -1.84. The lowest BCUT2D eigenvalue weighted by Gasteiger charge is -2.27. The van der Waals surface area contributed by atoms with E-state index in [2.05, 4.69) is 21.6 Å². The lowest BCUT2D eigenvalue weighted by Crippen LogP contribution is -2.41. The van der Waals surface area contributed by atoms with Crippen LogP contribution >= 0.6 is 11.8 Å². The van der Waals surface area contributed by atoms with Crippen LogP contribution in [0.4, 0.5) is 0 Å². The average molecular weight is 302 g/mol. The van der Waals surface area contributed by atoms with Crippen molar-refractivity contribution in [1.29, 1.82) is 5.26 Å². The molecule has 0 saturated heterocycles. The SMILES string of the molecule is CCNC(C#N)(CCSc1nnc(C)o1)c1ccccc1. The van der Waals surface area contributed by atoms with Crippen LogP contribution in [0.25, 0.3) is 0 Å². The second kappa shape index (κ2) is 7.25. The number of benzene rings is 1. The molecular formula is C15H18N4OS. The Kier molecular flexibility index (Phi) is 5.37. The minimum Gasteiger partial charge on any atom is -0.416 e. The smallest absolute Gasteiger partial charge is 0.276 e. The second-order valence-corrected chi connectivity index (χ2v) is 5.65. The average Bonchev–Trinajstić information content (AvgIpc) is 2.93. The van der Waals surface area contributed by atoms with E-state index < -0.39 is 5.54 Å². The van der Waals surface area contributed by atoms with Crippen LogP contribution in [0, 0.1) is 18.3 Å². The zero-order valence-corrected chi connectivity index (χ0v) is 13.0. The molecule has 0 aliphatic carbocycles. The van der Waals surface area contributed by atoms with Crippen molar-refractivity contribution in [2.24, 2.45) is 0 Å². The van der Waals surface area contributed by atoms with Gasteiger partial charge in [-0.2, -0.15) is 5.26 Å². The van der Waals surface area contributed by atoms with Gasteiger partial charge in [-0.15, -0.1) is 10.2 Å². The number of hydrogen-bond donors (Lipinski definition) is 1. The van der Waals surface area contributed by atoms with E-state index in [1.165, 1.54) is 11.8 Å². The minimum absolute atomic E-state index is 0.545. The van der Waals surface area contributed by atoms with Gasteiger partial charge in [-0.25, -0.2) is 0 Å². The molecule has 21 heavy (non-hydrogen) atoms. The fourth-order valence-electron chi connectivity index (χ4n) is 2.15. The van der Waals surface area contributed by atoms with Crippen LogP contribution in [0.1, 0.15) is 24.8 Å². The molecule has 2 aromatic rings. The molecule has 0 saturated carbocycles.